The van der Waals surface area contributed by atoms with Crippen molar-refractivity contribution in [3.8, 4) is 0 Å². The van der Waals surface area contributed by atoms with Crippen LogP contribution in [0.5, 0.6) is 0 Å². The second kappa shape index (κ2) is 9.00. The Morgan fingerprint density at radius 1 is 1.38 bits per heavy atom. The van der Waals surface area contributed by atoms with Gasteiger partial charge in [-0.2, -0.15) is 5.10 Å². The lowest BCUT2D eigenvalue weighted by Crippen LogP contribution is -2.49. The van der Waals surface area contributed by atoms with Crippen LogP contribution in [0.25, 0.3) is 0 Å². The van der Waals surface area contributed by atoms with E-state index in [0.717, 1.165) is 51.7 Å². The summed E-state index contributed by atoms with van der Waals surface area (Å²) in [6.07, 6.45) is 5.49. The minimum absolute atomic E-state index is 0. The third kappa shape index (κ3) is 4.82. The molecule has 2 aliphatic rings. The number of halogens is 1. The van der Waals surface area contributed by atoms with Gasteiger partial charge in [-0.05, 0) is 19.0 Å². The molecule has 0 amide bonds. The number of aliphatic imine (C=N–C) groups is 1. The van der Waals surface area contributed by atoms with Crippen LogP contribution in [0, 0.1) is 0 Å². The number of nitrogens with one attached hydrogen (secondary N) is 1. The van der Waals surface area contributed by atoms with E-state index < -0.39 is 0 Å². The zero-order valence-corrected chi connectivity index (χ0v) is 17.1. The molecule has 0 bridgehead atoms. The summed E-state index contributed by atoms with van der Waals surface area (Å²) in [5.41, 5.74) is 1.32. The summed E-state index contributed by atoms with van der Waals surface area (Å²) in [6.45, 7) is 5.65. The van der Waals surface area contributed by atoms with Gasteiger partial charge < -0.3 is 19.9 Å². The zero-order chi connectivity index (χ0) is 16.2. The highest BCUT2D eigenvalue weighted by Gasteiger charge is 2.27. The number of hydrogen-bond donors (Lipinski definition) is 1. The molecule has 2 atom stereocenters. The number of likely N-dealkylation sites (tertiary alicyclic amines) is 1. The van der Waals surface area contributed by atoms with Gasteiger partial charge in [0.2, 0.25) is 0 Å². The second-order valence-electron chi connectivity index (χ2n) is 6.56. The molecule has 0 aromatic carbocycles. The van der Waals surface area contributed by atoms with Crippen molar-refractivity contribution in [2.45, 2.75) is 18.4 Å². The van der Waals surface area contributed by atoms with Crippen molar-refractivity contribution in [1.29, 1.82) is 0 Å². The molecule has 0 saturated carbocycles. The number of nitrogens with zero attached hydrogens (tertiary/aromatic N) is 5. The summed E-state index contributed by atoms with van der Waals surface area (Å²) < 4.78 is 7.69. The molecule has 136 valence electrons. The molecular formula is C16H29IN6O. The minimum Gasteiger partial charge on any atom is -0.374 e. The third-order valence-corrected chi connectivity index (χ3v) is 4.73. The lowest BCUT2D eigenvalue weighted by molar-refractivity contribution is -0.0163. The highest BCUT2D eigenvalue weighted by atomic mass is 127. The number of morpholine rings is 1. The molecule has 0 aliphatic carbocycles. The monoisotopic (exact) mass is 448 g/mol. The van der Waals surface area contributed by atoms with Crippen molar-refractivity contribution in [3.63, 3.8) is 0 Å². The maximum atomic E-state index is 5.81. The van der Waals surface area contributed by atoms with Crippen molar-refractivity contribution in [2.75, 3.05) is 53.4 Å². The van der Waals surface area contributed by atoms with Gasteiger partial charge in [-0.25, -0.2) is 0 Å². The predicted molar refractivity (Wildman–Crippen MR) is 106 cm³/mol. The Bertz CT molecular complexity index is 548. The number of ether oxygens (including phenoxy) is 1. The third-order valence-electron chi connectivity index (χ3n) is 4.73. The Morgan fingerprint density at radius 2 is 2.21 bits per heavy atom. The number of likely N-dealkylation sites (N-methyl/N-ethyl adjacent to an activating group) is 1. The maximum absolute atomic E-state index is 5.81. The molecule has 0 radical (unpaired) electrons. The van der Waals surface area contributed by atoms with E-state index in [1.165, 1.54) is 5.56 Å². The highest BCUT2D eigenvalue weighted by molar-refractivity contribution is 14.0. The Hall–Kier alpha value is -0.870. The molecule has 3 heterocycles. The molecule has 1 N–H and O–H groups in total. The summed E-state index contributed by atoms with van der Waals surface area (Å²) >= 11 is 0. The maximum Gasteiger partial charge on any atom is 0.193 e. The van der Waals surface area contributed by atoms with Gasteiger partial charge in [-0.15, -0.1) is 24.0 Å². The van der Waals surface area contributed by atoms with Crippen LogP contribution in [0.3, 0.4) is 0 Å². The quantitative estimate of drug-likeness (QED) is 0.420. The van der Waals surface area contributed by atoms with Crippen molar-refractivity contribution >= 4 is 29.9 Å². The van der Waals surface area contributed by atoms with Crippen molar-refractivity contribution in [2.24, 2.45) is 12.0 Å². The lowest BCUT2D eigenvalue weighted by atomic mass is 10.0. The van der Waals surface area contributed by atoms with Gasteiger partial charge >= 0.3 is 0 Å². The van der Waals surface area contributed by atoms with Crippen LogP contribution in [-0.2, 0) is 11.8 Å². The minimum atomic E-state index is 0. The van der Waals surface area contributed by atoms with Crippen molar-refractivity contribution < 1.29 is 4.74 Å². The van der Waals surface area contributed by atoms with Gasteiger partial charge in [0.25, 0.3) is 0 Å². The van der Waals surface area contributed by atoms with E-state index in [-0.39, 0.29) is 30.1 Å². The number of hydrogen-bond acceptors (Lipinski definition) is 4. The van der Waals surface area contributed by atoms with E-state index in [9.17, 15) is 0 Å². The molecule has 2 saturated heterocycles. The smallest absolute Gasteiger partial charge is 0.193 e. The highest BCUT2D eigenvalue weighted by Crippen LogP contribution is 2.26. The first kappa shape index (κ1) is 19.5. The Labute approximate surface area is 161 Å². The van der Waals surface area contributed by atoms with Crippen LogP contribution in [0.15, 0.2) is 17.4 Å². The van der Waals surface area contributed by atoms with E-state index in [0.29, 0.717) is 5.92 Å². The fourth-order valence-electron chi connectivity index (χ4n) is 3.40. The van der Waals surface area contributed by atoms with E-state index in [1.807, 2.05) is 25.0 Å². The first-order valence-electron chi connectivity index (χ1n) is 8.40. The molecule has 1 aromatic heterocycles. The average molecular weight is 448 g/mol. The largest absolute Gasteiger partial charge is 0.374 e. The zero-order valence-electron chi connectivity index (χ0n) is 14.8. The average Bonchev–Trinajstić information content (AvgIpc) is 3.17. The van der Waals surface area contributed by atoms with Crippen LogP contribution in [0.1, 0.15) is 17.9 Å². The SMILES string of the molecule is CN=C(NCC1CN(C)CCO1)N1CCC(c2cnn(C)c2)C1.I. The first-order chi connectivity index (χ1) is 11.2. The first-order valence-corrected chi connectivity index (χ1v) is 8.40. The Balaban J connectivity index is 0.00000208. The molecule has 24 heavy (non-hydrogen) atoms. The molecular weight excluding hydrogens is 419 g/mol. The van der Waals surface area contributed by atoms with Gasteiger partial charge in [-0.1, -0.05) is 0 Å². The fourth-order valence-corrected chi connectivity index (χ4v) is 3.40. The van der Waals surface area contributed by atoms with Crippen LogP contribution in [0.4, 0.5) is 0 Å². The molecule has 1 aromatic rings. The molecule has 8 heteroatoms. The number of aromatic nitrogens is 2. The summed E-state index contributed by atoms with van der Waals surface area (Å²) in [5, 5.41) is 7.77. The van der Waals surface area contributed by atoms with Crippen molar-refractivity contribution in [1.82, 2.24) is 24.9 Å². The van der Waals surface area contributed by atoms with Crippen LogP contribution < -0.4 is 5.32 Å². The number of aryl methyl sites for hydroxylation is 1. The standard InChI is InChI=1S/C16H28N6O.HI/c1-17-16(18-9-15-12-20(2)6-7-23-15)22-5-4-13(11-22)14-8-19-21(3)10-14;/h8,10,13,15H,4-7,9,11-12H2,1-3H3,(H,17,18);1H. The van der Waals surface area contributed by atoms with Crippen molar-refractivity contribution in [3.05, 3.63) is 18.0 Å². The van der Waals surface area contributed by atoms with Gasteiger partial charge in [0.05, 0.1) is 18.9 Å². The van der Waals surface area contributed by atoms with Crippen LogP contribution >= 0.6 is 24.0 Å². The molecule has 0 spiro atoms. The summed E-state index contributed by atoms with van der Waals surface area (Å²) in [7, 11) is 5.97. The second-order valence-corrected chi connectivity index (χ2v) is 6.56. The van der Waals surface area contributed by atoms with Crippen LogP contribution in [0.2, 0.25) is 0 Å². The van der Waals surface area contributed by atoms with E-state index >= 15 is 0 Å². The number of rotatable bonds is 3. The topological polar surface area (TPSA) is 57.9 Å². The van der Waals surface area contributed by atoms with Gasteiger partial charge in [0.15, 0.2) is 5.96 Å². The molecule has 2 unspecified atom stereocenters. The molecule has 2 fully saturated rings. The summed E-state index contributed by atoms with van der Waals surface area (Å²) in [5.74, 6) is 1.52. The Morgan fingerprint density at radius 3 is 2.88 bits per heavy atom. The molecule has 2 aliphatic heterocycles. The lowest BCUT2D eigenvalue weighted by Gasteiger charge is -2.31. The Kier molecular flexibility index (Phi) is 7.30. The molecule has 3 rings (SSSR count). The molecule has 7 nitrogen and oxygen atoms in total. The predicted octanol–water partition coefficient (Wildman–Crippen LogP) is 0.733. The van der Waals surface area contributed by atoms with Gasteiger partial charge in [0, 0.05) is 58.9 Å². The van der Waals surface area contributed by atoms with Gasteiger partial charge in [0.1, 0.15) is 0 Å². The van der Waals surface area contributed by atoms with Gasteiger partial charge in [-0.3, -0.25) is 9.67 Å². The summed E-state index contributed by atoms with van der Waals surface area (Å²) in [6, 6.07) is 0. The number of guanidine groups is 1. The van der Waals surface area contributed by atoms with E-state index in [1.54, 1.807) is 0 Å². The fraction of sp³-hybridized carbons (Fsp3) is 0.750. The summed E-state index contributed by atoms with van der Waals surface area (Å²) in [4.78, 5) is 9.10. The van der Waals surface area contributed by atoms with Crippen LogP contribution in [-0.4, -0.2) is 85.1 Å². The van der Waals surface area contributed by atoms with E-state index in [4.69, 9.17) is 4.74 Å². The van der Waals surface area contributed by atoms with E-state index in [2.05, 4.69) is 38.5 Å². The normalized spacial score (nSPS) is 25.6.